The van der Waals surface area contributed by atoms with Crippen molar-refractivity contribution >= 4 is 13.8 Å². The molecule has 0 saturated carbocycles. The Balaban J connectivity index is 3.98. The zero-order valence-electron chi connectivity index (χ0n) is 44.1. The summed E-state index contributed by atoms with van der Waals surface area (Å²) in [5.41, 5.74) is 5.39. The average Bonchev–Trinajstić information content (AvgIpc) is 3.33. The maximum Gasteiger partial charge on any atom is 0.472 e. The van der Waals surface area contributed by atoms with Crippen LogP contribution in [-0.2, 0) is 27.9 Å². The van der Waals surface area contributed by atoms with Gasteiger partial charge in [0.05, 0.1) is 19.8 Å². The van der Waals surface area contributed by atoms with E-state index in [1.807, 2.05) is 0 Å². The van der Waals surface area contributed by atoms with Gasteiger partial charge in [0, 0.05) is 19.6 Å². The van der Waals surface area contributed by atoms with Crippen molar-refractivity contribution in [1.82, 2.24) is 0 Å². The minimum absolute atomic E-state index is 0.0882. The van der Waals surface area contributed by atoms with Crippen molar-refractivity contribution in [2.45, 2.75) is 251 Å². The van der Waals surface area contributed by atoms with Gasteiger partial charge in [-0.05, 0) is 64.2 Å². The maximum atomic E-state index is 12.7. The molecule has 8 nitrogen and oxygen atoms in total. The summed E-state index contributed by atoms with van der Waals surface area (Å²) in [6, 6.07) is 0. The summed E-state index contributed by atoms with van der Waals surface area (Å²) < 4.78 is 33.6. The van der Waals surface area contributed by atoms with Crippen molar-refractivity contribution in [3.8, 4) is 0 Å². The molecule has 0 amide bonds. The summed E-state index contributed by atoms with van der Waals surface area (Å²) in [6.45, 7) is 4.76. The number of carbonyl (C=O) groups excluding carboxylic acids is 1. The third kappa shape index (κ3) is 54.6. The van der Waals surface area contributed by atoms with Gasteiger partial charge in [-0.2, -0.15) is 0 Å². The first-order valence-corrected chi connectivity index (χ1v) is 29.6. The first-order valence-electron chi connectivity index (χ1n) is 28.1. The van der Waals surface area contributed by atoms with Crippen LogP contribution >= 0.6 is 7.82 Å². The molecule has 0 rings (SSSR count). The Labute approximate surface area is 419 Å². The topological polar surface area (TPSA) is 117 Å². The summed E-state index contributed by atoms with van der Waals surface area (Å²) in [5.74, 6) is -0.386. The van der Waals surface area contributed by atoms with Crippen LogP contribution in [-0.4, -0.2) is 49.9 Å². The molecule has 2 atom stereocenters. The Hall–Kier alpha value is -2.32. The molecule has 0 aliphatic heterocycles. The molecule has 0 bridgehead atoms. The largest absolute Gasteiger partial charge is 0.472 e. The summed E-state index contributed by atoms with van der Waals surface area (Å²) in [6.07, 6.45) is 73.6. The van der Waals surface area contributed by atoms with E-state index in [9.17, 15) is 14.3 Å². The Morgan fingerprint density at radius 3 is 1.18 bits per heavy atom. The lowest BCUT2D eigenvalue weighted by Gasteiger charge is -2.20. The average molecular weight is 972 g/mol. The third-order valence-electron chi connectivity index (χ3n) is 11.8. The molecule has 9 heteroatoms. The molecular formula is C59H106NO7P. The molecule has 0 aromatic rings. The fourth-order valence-electron chi connectivity index (χ4n) is 7.75. The minimum Gasteiger partial charge on any atom is -0.457 e. The molecule has 0 radical (unpaired) electrons. The van der Waals surface area contributed by atoms with E-state index in [2.05, 4.69) is 98.9 Å². The van der Waals surface area contributed by atoms with Gasteiger partial charge in [0.25, 0.3) is 0 Å². The highest BCUT2D eigenvalue weighted by Crippen LogP contribution is 2.43. The first kappa shape index (κ1) is 65.7. The van der Waals surface area contributed by atoms with Gasteiger partial charge in [0.2, 0.25) is 0 Å². The maximum absolute atomic E-state index is 12.7. The van der Waals surface area contributed by atoms with E-state index >= 15 is 0 Å². The highest BCUT2D eigenvalue weighted by molar-refractivity contribution is 7.47. The molecule has 0 aliphatic carbocycles. The second kappa shape index (κ2) is 55.6. The van der Waals surface area contributed by atoms with Crippen LogP contribution in [0.2, 0.25) is 0 Å². The normalized spacial score (nSPS) is 13.9. The van der Waals surface area contributed by atoms with Gasteiger partial charge in [-0.1, -0.05) is 259 Å². The van der Waals surface area contributed by atoms with Crippen molar-refractivity contribution < 1.29 is 32.8 Å². The first-order chi connectivity index (χ1) is 33.4. The highest BCUT2D eigenvalue weighted by atomic mass is 31.2. The van der Waals surface area contributed by atoms with Crippen LogP contribution in [0.25, 0.3) is 0 Å². The molecule has 68 heavy (non-hydrogen) atoms. The van der Waals surface area contributed by atoms with Crippen LogP contribution < -0.4 is 5.73 Å². The number of hydrogen-bond acceptors (Lipinski definition) is 7. The molecular weight excluding hydrogens is 866 g/mol. The molecule has 394 valence electrons. The van der Waals surface area contributed by atoms with E-state index in [0.717, 1.165) is 64.2 Å². The van der Waals surface area contributed by atoms with E-state index in [-0.39, 0.29) is 38.8 Å². The van der Waals surface area contributed by atoms with Crippen molar-refractivity contribution in [2.24, 2.45) is 5.73 Å². The smallest absolute Gasteiger partial charge is 0.457 e. The summed E-state index contributed by atoms with van der Waals surface area (Å²) in [4.78, 5) is 22.6. The SMILES string of the molecule is CC/C=C\C/C=C\C/C=C\C/C=C\C/C=C\C/C=C\C/C=C\CCCC(=O)OC(COCCCCCCCCCCCCCCCCCCCCCCCCCCCC)COP(=O)(O)OCCN. The van der Waals surface area contributed by atoms with E-state index in [0.29, 0.717) is 13.0 Å². The second-order valence-electron chi connectivity index (χ2n) is 18.4. The lowest BCUT2D eigenvalue weighted by atomic mass is 10.0. The quantitative estimate of drug-likeness (QED) is 0.0268. The van der Waals surface area contributed by atoms with Crippen LogP contribution in [0, 0.1) is 0 Å². The molecule has 0 saturated heterocycles. The number of nitrogens with two attached hydrogens (primary N) is 1. The molecule has 0 spiro atoms. The number of hydrogen-bond donors (Lipinski definition) is 2. The molecule has 3 N–H and O–H groups in total. The van der Waals surface area contributed by atoms with Gasteiger partial charge in [-0.25, -0.2) is 4.57 Å². The predicted molar refractivity (Wildman–Crippen MR) is 293 cm³/mol. The minimum atomic E-state index is -4.31. The molecule has 0 aliphatic rings. The molecule has 0 fully saturated rings. The van der Waals surface area contributed by atoms with Crippen LogP contribution in [0.3, 0.4) is 0 Å². The monoisotopic (exact) mass is 972 g/mol. The molecule has 0 heterocycles. The molecule has 2 unspecified atom stereocenters. The summed E-state index contributed by atoms with van der Waals surface area (Å²) in [5, 5.41) is 0. The van der Waals surface area contributed by atoms with Gasteiger partial charge in [0.15, 0.2) is 0 Å². The van der Waals surface area contributed by atoms with Crippen LogP contribution in [0.15, 0.2) is 85.1 Å². The number of carbonyl (C=O) groups is 1. The standard InChI is InChI=1S/C59H106NO7P/c1-3-5-7-9-11-13-15-17-19-21-23-25-27-28-29-31-33-35-37-39-41-43-45-47-49-51-54-64-56-58(57-66-68(62,63)65-55-53-60)67-59(61)52-50-48-46-44-42-40-38-36-34-32-30-26-24-22-20-18-16-14-12-10-8-6-4-2/h6,8,12,14,18,20,24,26,32,34,38,40,44,46,58H,3-5,7,9-11,13,15-17,19,21-23,25,27-31,33,35-37,39,41-43,45,47-57,60H2,1-2H3,(H,62,63)/b8-6-,14-12-,20-18-,26-24-,34-32-,40-38-,46-44-. The Morgan fingerprint density at radius 2 is 0.809 bits per heavy atom. The second-order valence-corrected chi connectivity index (χ2v) is 19.9. The van der Waals surface area contributed by atoms with Crippen molar-refractivity contribution in [1.29, 1.82) is 0 Å². The van der Waals surface area contributed by atoms with Crippen molar-refractivity contribution in [2.75, 3.05) is 33.0 Å². The van der Waals surface area contributed by atoms with Gasteiger partial charge in [-0.15, -0.1) is 0 Å². The van der Waals surface area contributed by atoms with Crippen LogP contribution in [0.5, 0.6) is 0 Å². The number of unbranched alkanes of at least 4 members (excludes halogenated alkanes) is 26. The number of allylic oxidation sites excluding steroid dienone is 14. The zero-order valence-corrected chi connectivity index (χ0v) is 45.0. The Bertz CT molecular complexity index is 1320. The Morgan fingerprint density at radius 1 is 0.456 bits per heavy atom. The van der Waals surface area contributed by atoms with E-state index in [1.54, 1.807) is 0 Å². The molecule has 0 aromatic heterocycles. The number of ether oxygens (including phenoxy) is 2. The van der Waals surface area contributed by atoms with Gasteiger partial charge < -0.3 is 20.1 Å². The van der Waals surface area contributed by atoms with Crippen LogP contribution in [0.4, 0.5) is 0 Å². The summed E-state index contributed by atoms with van der Waals surface area (Å²) >= 11 is 0. The number of esters is 1. The van der Waals surface area contributed by atoms with E-state index in [4.69, 9.17) is 24.3 Å². The number of phosphoric acid groups is 1. The lowest BCUT2D eigenvalue weighted by molar-refractivity contribution is -0.154. The fraction of sp³-hybridized carbons (Fsp3) is 0.746. The number of rotatable bonds is 53. The van der Waals surface area contributed by atoms with Crippen molar-refractivity contribution in [3.05, 3.63) is 85.1 Å². The van der Waals surface area contributed by atoms with Crippen molar-refractivity contribution in [3.63, 3.8) is 0 Å². The van der Waals surface area contributed by atoms with Crippen LogP contribution in [0.1, 0.15) is 245 Å². The number of phosphoric ester groups is 1. The van der Waals surface area contributed by atoms with E-state index in [1.165, 1.54) is 154 Å². The van der Waals surface area contributed by atoms with Gasteiger partial charge in [0.1, 0.15) is 6.10 Å². The zero-order chi connectivity index (χ0) is 49.4. The molecule has 0 aromatic carbocycles. The summed E-state index contributed by atoms with van der Waals surface area (Å²) in [7, 11) is -4.31. The Kier molecular flexibility index (Phi) is 53.7. The van der Waals surface area contributed by atoms with Gasteiger partial charge >= 0.3 is 13.8 Å². The van der Waals surface area contributed by atoms with E-state index < -0.39 is 13.9 Å². The predicted octanol–water partition coefficient (Wildman–Crippen LogP) is 18.0. The third-order valence-corrected chi connectivity index (χ3v) is 12.8. The fourth-order valence-corrected chi connectivity index (χ4v) is 8.52. The van der Waals surface area contributed by atoms with Gasteiger partial charge in [-0.3, -0.25) is 13.8 Å². The highest BCUT2D eigenvalue weighted by Gasteiger charge is 2.25. The lowest BCUT2D eigenvalue weighted by Crippen LogP contribution is -2.28.